The predicted octanol–water partition coefficient (Wildman–Crippen LogP) is 1.11. The van der Waals surface area contributed by atoms with Crippen molar-refractivity contribution in [2.24, 2.45) is 0 Å². The van der Waals surface area contributed by atoms with Crippen LogP contribution in [0.4, 0.5) is 0 Å². The van der Waals surface area contributed by atoms with Gasteiger partial charge in [-0.3, -0.25) is 9.59 Å². The number of ketones is 1. The van der Waals surface area contributed by atoms with E-state index in [9.17, 15) is 14.4 Å². The average Bonchev–Trinajstić information content (AvgIpc) is 2.78. The molecule has 0 aliphatic heterocycles. The van der Waals surface area contributed by atoms with Gasteiger partial charge in [0.1, 0.15) is 6.61 Å². The number of esters is 1. The number of carbonyl (C=O) groups excluding carboxylic acids is 3. The zero-order valence-corrected chi connectivity index (χ0v) is 17.9. The quantitative estimate of drug-likeness (QED) is 0.178. The summed E-state index contributed by atoms with van der Waals surface area (Å²) in [6.45, 7) is 4.73. The molecule has 1 aromatic rings. The lowest BCUT2D eigenvalue weighted by Gasteiger charge is -2.09. The summed E-state index contributed by atoms with van der Waals surface area (Å²) in [7, 11) is 1.23. The SMILES string of the molecule is C#CCOCCOCCOCCOCCNC(=O)c1cc(C(C)=O)cc(C(=O)OC)c1. The van der Waals surface area contributed by atoms with E-state index in [1.807, 2.05) is 0 Å². The predicted molar refractivity (Wildman–Crippen MR) is 112 cm³/mol. The Morgan fingerprint density at radius 3 is 1.90 bits per heavy atom. The maximum atomic E-state index is 12.3. The molecule has 0 heterocycles. The van der Waals surface area contributed by atoms with Gasteiger partial charge in [0.25, 0.3) is 5.91 Å². The molecule has 1 amide bonds. The number of amides is 1. The molecular formula is C22H29NO8. The van der Waals surface area contributed by atoms with E-state index in [4.69, 9.17) is 25.4 Å². The van der Waals surface area contributed by atoms with E-state index >= 15 is 0 Å². The van der Waals surface area contributed by atoms with Gasteiger partial charge in [-0.05, 0) is 25.1 Å². The van der Waals surface area contributed by atoms with E-state index in [2.05, 4.69) is 16.0 Å². The summed E-state index contributed by atoms with van der Waals surface area (Å²) in [5.74, 6) is 1.07. The lowest BCUT2D eigenvalue weighted by Crippen LogP contribution is -2.28. The number of rotatable bonds is 16. The van der Waals surface area contributed by atoms with Crippen molar-refractivity contribution >= 4 is 17.7 Å². The van der Waals surface area contributed by atoms with Crippen LogP contribution in [0.15, 0.2) is 18.2 Å². The van der Waals surface area contributed by atoms with Crippen molar-refractivity contribution < 1.29 is 38.1 Å². The summed E-state index contributed by atoms with van der Waals surface area (Å²) in [6.07, 6.45) is 5.05. The number of benzene rings is 1. The highest BCUT2D eigenvalue weighted by Gasteiger charge is 2.15. The third kappa shape index (κ3) is 11.3. The third-order valence-corrected chi connectivity index (χ3v) is 3.86. The number of terminal acetylenes is 1. The fraction of sp³-hybridized carbons (Fsp3) is 0.500. The molecular weight excluding hydrogens is 406 g/mol. The Morgan fingerprint density at radius 1 is 0.839 bits per heavy atom. The molecule has 9 heteroatoms. The van der Waals surface area contributed by atoms with Gasteiger partial charge in [-0.1, -0.05) is 5.92 Å². The molecule has 170 valence electrons. The number of carbonyl (C=O) groups is 3. The molecule has 0 spiro atoms. The molecule has 0 aliphatic carbocycles. The average molecular weight is 435 g/mol. The highest BCUT2D eigenvalue weighted by atomic mass is 16.6. The summed E-state index contributed by atoms with van der Waals surface area (Å²) in [5, 5.41) is 2.68. The van der Waals surface area contributed by atoms with E-state index in [1.54, 1.807) is 0 Å². The van der Waals surface area contributed by atoms with Crippen molar-refractivity contribution in [3.8, 4) is 12.3 Å². The second kappa shape index (κ2) is 16.0. The van der Waals surface area contributed by atoms with Gasteiger partial charge >= 0.3 is 5.97 Å². The highest BCUT2D eigenvalue weighted by molar-refractivity contribution is 6.03. The van der Waals surface area contributed by atoms with E-state index in [0.717, 1.165) is 0 Å². The van der Waals surface area contributed by atoms with Gasteiger partial charge in [-0.15, -0.1) is 6.42 Å². The van der Waals surface area contributed by atoms with E-state index in [-0.39, 0.29) is 42.2 Å². The maximum Gasteiger partial charge on any atom is 0.337 e. The van der Waals surface area contributed by atoms with Crippen LogP contribution < -0.4 is 5.32 Å². The summed E-state index contributed by atoms with van der Waals surface area (Å²) < 4.78 is 25.7. The Hall–Kier alpha value is -2.77. The fourth-order valence-corrected chi connectivity index (χ4v) is 2.33. The first kappa shape index (κ1) is 26.3. The largest absolute Gasteiger partial charge is 0.465 e. The minimum Gasteiger partial charge on any atom is -0.465 e. The van der Waals surface area contributed by atoms with Crippen LogP contribution in [-0.4, -0.2) is 84.2 Å². The lowest BCUT2D eigenvalue weighted by molar-refractivity contribution is 0.00176. The zero-order valence-electron chi connectivity index (χ0n) is 17.9. The second-order valence-corrected chi connectivity index (χ2v) is 6.20. The van der Waals surface area contributed by atoms with Crippen LogP contribution in [0.2, 0.25) is 0 Å². The Labute approximate surface area is 182 Å². The van der Waals surface area contributed by atoms with Gasteiger partial charge < -0.3 is 29.0 Å². The van der Waals surface area contributed by atoms with Gasteiger partial charge in [0.15, 0.2) is 5.78 Å². The fourth-order valence-electron chi connectivity index (χ4n) is 2.33. The molecule has 0 saturated carbocycles. The monoisotopic (exact) mass is 435 g/mol. The molecule has 0 fully saturated rings. The number of hydrogen-bond donors (Lipinski definition) is 1. The Morgan fingerprint density at radius 2 is 1.35 bits per heavy atom. The van der Waals surface area contributed by atoms with E-state index < -0.39 is 11.9 Å². The molecule has 31 heavy (non-hydrogen) atoms. The number of methoxy groups -OCH3 is 1. The molecule has 0 saturated heterocycles. The molecule has 9 nitrogen and oxygen atoms in total. The first-order valence-electron chi connectivity index (χ1n) is 9.76. The van der Waals surface area contributed by atoms with Crippen LogP contribution in [0.3, 0.4) is 0 Å². The normalized spacial score (nSPS) is 10.4. The first-order chi connectivity index (χ1) is 15.0. The molecule has 0 bridgehead atoms. The van der Waals surface area contributed by atoms with Crippen LogP contribution in [0.25, 0.3) is 0 Å². The molecule has 0 aliphatic rings. The molecule has 1 N–H and O–H groups in total. The molecule has 0 aromatic heterocycles. The Kier molecular flexibility index (Phi) is 13.5. The van der Waals surface area contributed by atoms with Crippen LogP contribution in [0.5, 0.6) is 0 Å². The van der Waals surface area contributed by atoms with Crippen molar-refractivity contribution in [1.29, 1.82) is 0 Å². The van der Waals surface area contributed by atoms with Crippen LogP contribution >= 0.6 is 0 Å². The van der Waals surface area contributed by atoms with Crippen molar-refractivity contribution in [1.82, 2.24) is 5.32 Å². The standard InChI is InChI=1S/C22H29NO8/c1-4-6-28-8-10-30-12-13-31-11-9-29-7-5-23-21(25)19-14-18(17(2)24)15-20(16-19)22(26)27-3/h1,14-16H,5-13H2,2-3H3,(H,23,25). The lowest BCUT2D eigenvalue weighted by atomic mass is 10.0. The number of nitrogens with one attached hydrogen (secondary N) is 1. The maximum absolute atomic E-state index is 12.3. The van der Waals surface area contributed by atoms with Gasteiger partial charge in [0.05, 0.1) is 58.9 Å². The Balaban J connectivity index is 2.20. The van der Waals surface area contributed by atoms with Crippen LogP contribution in [-0.2, 0) is 23.7 Å². The van der Waals surface area contributed by atoms with Crippen LogP contribution in [0.1, 0.15) is 38.0 Å². The smallest absolute Gasteiger partial charge is 0.337 e. The van der Waals surface area contributed by atoms with Crippen molar-refractivity contribution in [3.63, 3.8) is 0 Å². The summed E-state index contributed by atoms with van der Waals surface area (Å²) in [6, 6.07) is 4.21. The second-order valence-electron chi connectivity index (χ2n) is 6.20. The topological polar surface area (TPSA) is 109 Å². The summed E-state index contributed by atoms with van der Waals surface area (Å²) >= 11 is 0. The summed E-state index contributed by atoms with van der Waals surface area (Å²) in [5.41, 5.74) is 0.587. The Bertz CT molecular complexity index is 756. The third-order valence-electron chi connectivity index (χ3n) is 3.86. The van der Waals surface area contributed by atoms with Crippen LogP contribution in [0, 0.1) is 12.3 Å². The minimum atomic E-state index is -0.622. The first-order valence-corrected chi connectivity index (χ1v) is 9.76. The van der Waals surface area contributed by atoms with E-state index in [0.29, 0.717) is 39.6 Å². The summed E-state index contributed by atoms with van der Waals surface area (Å²) in [4.78, 5) is 35.7. The molecule has 0 atom stereocenters. The van der Waals surface area contributed by atoms with Crippen molar-refractivity contribution in [3.05, 3.63) is 34.9 Å². The number of Topliss-reactive ketones (excluding diaryl/α,β-unsaturated/α-hetero) is 1. The molecule has 1 aromatic carbocycles. The van der Waals surface area contributed by atoms with Gasteiger partial charge in [-0.2, -0.15) is 0 Å². The van der Waals surface area contributed by atoms with Gasteiger partial charge in [0.2, 0.25) is 0 Å². The molecule has 0 unspecified atom stereocenters. The van der Waals surface area contributed by atoms with Gasteiger partial charge in [-0.25, -0.2) is 4.79 Å². The minimum absolute atomic E-state index is 0.137. The molecule has 0 radical (unpaired) electrons. The van der Waals surface area contributed by atoms with Gasteiger partial charge in [0, 0.05) is 17.7 Å². The number of ether oxygens (including phenoxy) is 5. The highest BCUT2D eigenvalue weighted by Crippen LogP contribution is 2.12. The zero-order chi connectivity index (χ0) is 22.9. The molecule has 1 rings (SSSR count). The van der Waals surface area contributed by atoms with Crippen molar-refractivity contribution in [2.75, 3.05) is 66.5 Å². The number of hydrogen-bond acceptors (Lipinski definition) is 8. The van der Waals surface area contributed by atoms with Crippen molar-refractivity contribution in [2.45, 2.75) is 6.92 Å². The van der Waals surface area contributed by atoms with E-state index in [1.165, 1.54) is 32.2 Å².